The van der Waals surface area contributed by atoms with E-state index in [1.165, 1.54) is 0 Å². The van der Waals surface area contributed by atoms with Crippen LogP contribution in [-0.4, -0.2) is 65.3 Å². The summed E-state index contributed by atoms with van der Waals surface area (Å²) in [4.78, 5) is 6.66. The number of rotatable bonds is 8. The Morgan fingerprint density at radius 2 is 2.30 bits per heavy atom. The van der Waals surface area contributed by atoms with Crippen molar-refractivity contribution in [1.82, 2.24) is 15.0 Å². The van der Waals surface area contributed by atoms with E-state index in [4.69, 9.17) is 14.0 Å². The Hall–Kier alpha value is -1.02. The van der Waals surface area contributed by atoms with Crippen molar-refractivity contribution in [2.75, 3.05) is 32.9 Å². The molecule has 2 aliphatic heterocycles. The van der Waals surface area contributed by atoms with E-state index in [-0.39, 0.29) is 12.1 Å². The fraction of sp³-hybridized carbons (Fsp3) is 0.875. The van der Waals surface area contributed by atoms with Crippen LogP contribution in [0.2, 0.25) is 0 Å². The number of aromatic nitrogens is 2. The molecule has 1 aromatic rings. The maximum absolute atomic E-state index is 10.2. The molecule has 3 heterocycles. The van der Waals surface area contributed by atoms with Crippen LogP contribution in [-0.2, 0) is 15.9 Å². The summed E-state index contributed by atoms with van der Waals surface area (Å²) < 4.78 is 16.3. The van der Waals surface area contributed by atoms with Crippen LogP contribution in [0.1, 0.15) is 50.4 Å². The summed E-state index contributed by atoms with van der Waals surface area (Å²) in [5.74, 6) is 1.42. The minimum absolute atomic E-state index is 0.145. The Morgan fingerprint density at radius 3 is 3.04 bits per heavy atom. The third kappa shape index (κ3) is 4.50. The summed E-state index contributed by atoms with van der Waals surface area (Å²) >= 11 is 0. The zero-order chi connectivity index (χ0) is 16.1. The van der Waals surface area contributed by atoms with E-state index >= 15 is 0 Å². The Labute approximate surface area is 136 Å². The normalized spacial score (nSPS) is 26.9. The molecule has 0 bridgehead atoms. The Bertz CT molecular complexity index is 476. The highest BCUT2D eigenvalue weighted by Crippen LogP contribution is 2.30. The quantitative estimate of drug-likeness (QED) is 0.772. The summed E-state index contributed by atoms with van der Waals surface area (Å²) in [5, 5.41) is 14.3. The molecule has 23 heavy (non-hydrogen) atoms. The number of aryl methyl sites for hydroxylation is 1. The van der Waals surface area contributed by atoms with Gasteiger partial charge in [0.1, 0.15) is 0 Å². The van der Waals surface area contributed by atoms with Crippen LogP contribution in [0.25, 0.3) is 0 Å². The zero-order valence-electron chi connectivity index (χ0n) is 13.8. The van der Waals surface area contributed by atoms with Crippen molar-refractivity contribution in [2.45, 2.75) is 57.3 Å². The number of hydrogen-bond donors (Lipinski definition) is 1. The predicted molar refractivity (Wildman–Crippen MR) is 83.0 cm³/mol. The Kier molecular flexibility index (Phi) is 5.99. The molecule has 2 fully saturated rings. The standard InChI is InChI=1S/C16H27N3O4/c1-2-15-17-16(18-23-15)14-6-3-7-19(14)9-12(20)10-21-11-13-5-4-8-22-13/h12-14,20H,2-11H2,1H3. The summed E-state index contributed by atoms with van der Waals surface area (Å²) in [6.45, 7) is 5.27. The molecule has 1 aromatic heterocycles. The van der Waals surface area contributed by atoms with Gasteiger partial charge in [-0.25, -0.2) is 0 Å². The van der Waals surface area contributed by atoms with Gasteiger partial charge in [0, 0.05) is 19.6 Å². The zero-order valence-corrected chi connectivity index (χ0v) is 13.8. The van der Waals surface area contributed by atoms with E-state index in [9.17, 15) is 5.11 Å². The van der Waals surface area contributed by atoms with Crippen molar-refractivity contribution in [1.29, 1.82) is 0 Å². The molecule has 0 spiro atoms. The van der Waals surface area contributed by atoms with E-state index in [1.54, 1.807) is 0 Å². The minimum atomic E-state index is -0.505. The van der Waals surface area contributed by atoms with Gasteiger partial charge in [-0.2, -0.15) is 4.98 Å². The van der Waals surface area contributed by atoms with Crippen molar-refractivity contribution in [3.8, 4) is 0 Å². The summed E-state index contributed by atoms with van der Waals surface area (Å²) in [6.07, 6.45) is 4.71. The van der Waals surface area contributed by atoms with Gasteiger partial charge in [0.05, 0.1) is 31.5 Å². The van der Waals surface area contributed by atoms with Crippen LogP contribution in [0.4, 0.5) is 0 Å². The monoisotopic (exact) mass is 325 g/mol. The maximum Gasteiger partial charge on any atom is 0.226 e. The molecule has 3 rings (SSSR count). The van der Waals surface area contributed by atoms with E-state index in [0.29, 0.717) is 25.6 Å². The molecule has 130 valence electrons. The SMILES string of the molecule is CCc1nc(C2CCCN2CC(O)COCC2CCCO2)no1. The lowest BCUT2D eigenvalue weighted by Gasteiger charge is -2.24. The fourth-order valence-corrected chi connectivity index (χ4v) is 3.32. The molecule has 2 aliphatic rings. The smallest absolute Gasteiger partial charge is 0.226 e. The lowest BCUT2D eigenvalue weighted by Crippen LogP contribution is -2.35. The fourth-order valence-electron chi connectivity index (χ4n) is 3.32. The Balaban J connectivity index is 1.43. The predicted octanol–water partition coefficient (Wildman–Crippen LogP) is 1.33. The molecule has 3 atom stereocenters. The first-order valence-corrected chi connectivity index (χ1v) is 8.70. The molecule has 3 unspecified atom stereocenters. The average Bonchev–Trinajstić information content (AvgIpc) is 3.28. The topological polar surface area (TPSA) is 80.9 Å². The van der Waals surface area contributed by atoms with Gasteiger partial charge in [0.25, 0.3) is 0 Å². The van der Waals surface area contributed by atoms with E-state index in [1.807, 2.05) is 6.92 Å². The van der Waals surface area contributed by atoms with Crippen LogP contribution in [0, 0.1) is 0 Å². The van der Waals surface area contributed by atoms with E-state index < -0.39 is 6.10 Å². The highest BCUT2D eigenvalue weighted by molar-refractivity contribution is 4.98. The van der Waals surface area contributed by atoms with Crippen molar-refractivity contribution >= 4 is 0 Å². The van der Waals surface area contributed by atoms with Gasteiger partial charge in [0.15, 0.2) is 5.82 Å². The highest BCUT2D eigenvalue weighted by atomic mass is 16.5. The second kappa shape index (κ2) is 8.19. The second-order valence-corrected chi connectivity index (χ2v) is 6.38. The molecule has 0 aliphatic carbocycles. The number of aliphatic hydroxyl groups is 1. The molecular formula is C16H27N3O4. The van der Waals surface area contributed by atoms with Crippen molar-refractivity contribution in [3.05, 3.63) is 11.7 Å². The number of likely N-dealkylation sites (tertiary alicyclic amines) is 1. The van der Waals surface area contributed by atoms with Gasteiger partial charge in [-0.3, -0.25) is 4.90 Å². The van der Waals surface area contributed by atoms with Crippen LogP contribution < -0.4 is 0 Å². The molecular weight excluding hydrogens is 298 g/mol. The van der Waals surface area contributed by atoms with Crippen molar-refractivity contribution in [2.24, 2.45) is 0 Å². The number of hydrogen-bond acceptors (Lipinski definition) is 7. The van der Waals surface area contributed by atoms with Gasteiger partial charge in [-0.05, 0) is 32.2 Å². The molecule has 0 amide bonds. The summed E-state index contributed by atoms with van der Waals surface area (Å²) in [7, 11) is 0. The summed E-state index contributed by atoms with van der Waals surface area (Å²) in [5.41, 5.74) is 0. The third-order valence-electron chi connectivity index (χ3n) is 4.53. The third-order valence-corrected chi connectivity index (χ3v) is 4.53. The average molecular weight is 325 g/mol. The number of β-amino-alcohol motifs (C(OH)–C–C–N with tert-alkyl or cyclic N) is 1. The molecule has 2 saturated heterocycles. The lowest BCUT2D eigenvalue weighted by atomic mass is 10.2. The van der Waals surface area contributed by atoms with Gasteiger partial charge in [-0.1, -0.05) is 12.1 Å². The first-order chi connectivity index (χ1) is 11.3. The largest absolute Gasteiger partial charge is 0.389 e. The lowest BCUT2D eigenvalue weighted by molar-refractivity contribution is -0.0264. The van der Waals surface area contributed by atoms with Crippen LogP contribution >= 0.6 is 0 Å². The van der Waals surface area contributed by atoms with Gasteiger partial charge >= 0.3 is 0 Å². The summed E-state index contributed by atoms with van der Waals surface area (Å²) in [6, 6.07) is 0.145. The molecule has 7 nitrogen and oxygen atoms in total. The first kappa shape index (κ1) is 16.8. The highest BCUT2D eigenvalue weighted by Gasteiger charge is 2.31. The van der Waals surface area contributed by atoms with Crippen molar-refractivity contribution < 1.29 is 19.1 Å². The van der Waals surface area contributed by atoms with Gasteiger partial charge in [-0.15, -0.1) is 0 Å². The number of aliphatic hydroxyl groups excluding tert-OH is 1. The Morgan fingerprint density at radius 1 is 1.39 bits per heavy atom. The molecule has 7 heteroatoms. The maximum atomic E-state index is 10.2. The van der Waals surface area contributed by atoms with Gasteiger partial charge < -0.3 is 19.1 Å². The molecule has 0 radical (unpaired) electrons. The molecule has 1 N–H and O–H groups in total. The van der Waals surface area contributed by atoms with Crippen molar-refractivity contribution in [3.63, 3.8) is 0 Å². The van der Waals surface area contributed by atoms with Crippen LogP contribution in [0.3, 0.4) is 0 Å². The second-order valence-electron chi connectivity index (χ2n) is 6.38. The number of nitrogens with zero attached hydrogens (tertiary/aromatic N) is 3. The molecule has 0 saturated carbocycles. The minimum Gasteiger partial charge on any atom is -0.389 e. The van der Waals surface area contributed by atoms with Gasteiger partial charge in [0.2, 0.25) is 5.89 Å². The van der Waals surface area contributed by atoms with E-state index in [0.717, 1.165) is 51.1 Å². The van der Waals surface area contributed by atoms with Crippen LogP contribution in [0.5, 0.6) is 0 Å². The van der Waals surface area contributed by atoms with E-state index in [2.05, 4.69) is 15.0 Å². The van der Waals surface area contributed by atoms with Crippen LogP contribution in [0.15, 0.2) is 4.52 Å². The molecule has 0 aromatic carbocycles. The first-order valence-electron chi connectivity index (χ1n) is 8.70. The number of ether oxygens (including phenoxy) is 2.